The van der Waals surface area contributed by atoms with Crippen LogP contribution in [0.1, 0.15) is 22.3 Å². The number of pyridine rings is 1. The monoisotopic (exact) mass is 536 g/mol. The fraction of sp³-hybridized carbons (Fsp3) is 0.233. The maximum atomic E-state index is 14.1. The molecule has 0 fully saturated rings. The maximum absolute atomic E-state index is 14.1. The molecule has 1 aromatic heterocycles. The number of rotatable bonds is 4. The van der Waals surface area contributed by atoms with Gasteiger partial charge in [-0.05, 0) is 59.5 Å². The first kappa shape index (κ1) is 23.8. The molecule has 5 aromatic rings. The molecule has 4 aromatic carbocycles. The average Bonchev–Trinajstić information content (AvgIpc) is 3.39. The minimum atomic E-state index is -4.80. The van der Waals surface area contributed by atoms with Crippen LogP contribution in [0.15, 0.2) is 48.7 Å². The molecule has 0 aliphatic carbocycles. The molecule has 0 radical (unpaired) electrons. The van der Waals surface area contributed by atoms with Crippen LogP contribution < -0.4 is 23.5 Å². The van der Waals surface area contributed by atoms with E-state index in [0.29, 0.717) is 28.6 Å². The van der Waals surface area contributed by atoms with Crippen molar-refractivity contribution in [3.05, 3.63) is 76.7 Å². The van der Waals surface area contributed by atoms with Gasteiger partial charge in [-0.1, -0.05) is 6.07 Å². The van der Waals surface area contributed by atoms with Crippen LogP contribution in [0, 0.1) is 5.82 Å². The van der Waals surface area contributed by atoms with Crippen LogP contribution >= 0.6 is 0 Å². The molecule has 0 atom stereocenters. The van der Waals surface area contributed by atoms with Crippen molar-refractivity contribution in [2.75, 3.05) is 21.0 Å². The van der Waals surface area contributed by atoms with Crippen molar-refractivity contribution in [2.24, 2.45) is 0 Å². The molecular weight excluding hydrogens is 514 g/mol. The molecule has 5 nitrogen and oxygen atoms in total. The number of alkyl halides is 3. The van der Waals surface area contributed by atoms with E-state index in [1.807, 2.05) is 24.3 Å². The van der Waals surface area contributed by atoms with Crippen LogP contribution in [0.3, 0.4) is 0 Å². The Labute approximate surface area is 220 Å². The number of methoxy groups -OCH3 is 2. The van der Waals surface area contributed by atoms with Gasteiger partial charge in [-0.3, -0.25) is 0 Å². The number of aryl methyl sites for hydroxylation is 2. The van der Waals surface area contributed by atoms with Crippen molar-refractivity contribution in [2.45, 2.75) is 25.6 Å². The first-order valence-corrected chi connectivity index (χ1v) is 12.4. The van der Waals surface area contributed by atoms with Crippen LogP contribution in [0.5, 0.6) is 23.0 Å². The number of benzene rings is 4. The first-order valence-electron chi connectivity index (χ1n) is 12.4. The average molecular weight is 537 g/mol. The Balaban J connectivity index is 1.58. The summed E-state index contributed by atoms with van der Waals surface area (Å²) in [5, 5.41) is 4.49. The van der Waals surface area contributed by atoms with Crippen molar-refractivity contribution in [1.82, 2.24) is 0 Å². The summed E-state index contributed by atoms with van der Waals surface area (Å²) < 4.78 is 79.7. The van der Waals surface area contributed by atoms with Gasteiger partial charge in [0.2, 0.25) is 12.3 Å². The van der Waals surface area contributed by atoms with E-state index < -0.39 is 17.6 Å². The number of nitrogens with zero attached hydrogens (tertiary/aromatic N) is 1. The molecular formula is C30H22F4NO4+. The number of fused-ring (bicyclic) bond motifs is 4. The highest BCUT2D eigenvalue weighted by atomic mass is 19.4. The van der Waals surface area contributed by atoms with Gasteiger partial charge in [-0.2, -0.15) is 17.7 Å². The second kappa shape index (κ2) is 8.36. The maximum Gasteiger partial charge on any atom is 0.419 e. The number of ether oxygens (including phenoxy) is 4. The van der Waals surface area contributed by atoms with Crippen molar-refractivity contribution < 1.29 is 41.1 Å². The molecule has 2 aliphatic rings. The van der Waals surface area contributed by atoms with Crippen LogP contribution in [0.4, 0.5) is 17.6 Å². The molecule has 0 saturated carbocycles. The van der Waals surface area contributed by atoms with Gasteiger partial charge in [0.15, 0.2) is 35.7 Å². The van der Waals surface area contributed by atoms with E-state index >= 15 is 0 Å². The third-order valence-electron chi connectivity index (χ3n) is 7.68. The van der Waals surface area contributed by atoms with E-state index in [0.717, 1.165) is 68.7 Å². The molecule has 39 heavy (non-hydrogen) atoms. The third kappa shape index (κ3) is 3.48. The second-order valence-electron chi connectivity index (χ2n) is 9.77. The van der Waals surface area contributed by atoms with Gasteiger partial charge in [0.05, 0.1) is 35.9 Å². The predicted octanol–water partition coefficient (Wildman–Crippen LogP) is 6.48. The van der Waals surface area contributed by atoms with Gasteiger partial charge in [0.1, 0.15) is 5.82 Å². The van der Waals surface area contributed by atoms with E-state index in [2.05, 4.69) is 10.8 Å². The number of aromatic nitrogens is 1. The Morgan fingerprint density at radius 3 is 2.54 bits per heavy atom. The SMILES string of the molecule is COc1ccc2c(c[n+]3c4c2cc(Cc2ccc(F)c(C(F)(F)F)c2)c2c5c(cc(c24)CC3)OCO5)c1OC. The van der Waals surface area contributed by atoms with Crippen LogP contribution in [0.25, 0.3) is 32.4 Å². The van der Waals surface area contributed by atoms with Crippen molar-refractivity contribution in [3.8, 4) is 23.0 Å². The number of hydrogen-bond acceptors (Lipinski definition) is 4. The highest BCUT2D eigenvalue weighted by Gasteiger charge is 2.35. The molecule has 0 bridgehead atoms. The first-order chi connectivity index (χ1) is 18.8. The lowest BCUT2D eigenvalue weighted by molar-refractivity contribution is -0.670. The summed E-state index contributed by atoms with van der Waals surface area (Å²) in [4.78, 5) is 0. The van der Waals surface area contributed by atoms with Gasteiger partial charge in [0, 0.05) is 17.2 Å². The van der Waals surface area contributed by atoms with Crippen molar-refractivity contribution in [3.63, 3.8) is 0 Å². The molecule has 9 heteroatoms. The largest absolute Gasteiger partial charge is 0.493 e. The zero-order chi connectivity index (χ0) is 27.1. The molecule has 2 aliphatic heterocycles. The lowest BCUT2D eigenvalue weighted by Gasteiger charge is -2.20. The summed E-state index contributed by atoms with van der Waals surface area (Å²) in [5.74, 6) is 1.10. The minimum Gasteiger partial charge on any atom is -0.493 e. The molecule has 3 heterocycles. The number of hydrogen-bond donors (Lipinski definition) is 0. The minimum absolute atomic E-state index is 0.0643. The third-order valence-corrected chi connectivity index (χ3v) is 7.68. The summed E-state index contributed by atoms with van der Waals surface area (Å²) in [6.45, 7) is 0.787. The fourth-order valence-corrected chi connectivity index (χ4v) is 6.03. The van der Waals surface area contributed by atoms with Gasteiger partial charge < -0.3 is 18.9 Å². The second-order valence-corrected chi connectivity index (χ2v) is 9.77. The Morgan fingerprint density at radius 2 is 1.77 bits per heavy atom. The predicted molar refractivity (Wildman–Crippen MR) is 136 cm³/mol. The molecule has 7 rings (SSSR count). The molecule has 0 spiro atoms. The fourth-order valence-electron chi connectivity index (χ4n) is 6.03. The Bertz CT molecular complexity index is 1850. The van der Waals surface area contributed by atoms with Gasteiger partial charge in [0.25, 0.3) is 0 Å². The number of halogens is 4. The Kier molecular flexibility index (Phi) is 5.11. The summed E-state index contributed by atoms with van der Waals surface area (Å²) in [6.07, 6.45) is -1.87. The van der Waals surface area contributed by atoms with E-state index in [-0.39, 0.29) is 13.2 Å². The molecule has 0 amide bonds. The summed E-state index contributed by atoms with van der Waals surface area (Å²) in [6, 6.07) is 11.0. The normalized spacial score (nSPS) is 14.1. The molecule has 0 unspecified atom stereocenters. The quantitative estimate of drug-likeness (QED) is 0.150. The highest BCUT2D eigenvalue weighted by molar-refractivity contribution is 6.18. The highest BCUT2D eigenvalue weighted by Crippen LogP contribution is 2.48. The van der Waals surface area contributed by atoms with Gasteiger partial charge in [-0.15, -0.1) is 0 Å². The van der Waals surface area contributed by atoms with Crippen molar-refractivity contribution in [1.29, 1.82) is 0 Å². The molecule has 198 valence electrons. The van der Waals surface area contributed by atoms with Crippen LogP contribution in [-0.4, -0.2) is 21.0 Å². The topological polar surface area (TPSA) is 40.8 Å². The summed E-state index contributed by atoms with van der Waals surface area (Å²) in [5.41, 5.74) is 1.90. The van der Waals surface area contributed by atoms with E-state index in [9.17, 15) is 17.6 Å². The lowest BCUT2D eigenvalue weighted by Crippen LogP contribution is -2.38. The smallest absolute Gasteiger partial charge is 0.419 e. The van der Waals surface area contributed by atoms with Crippen LogP contribution in [0.2, 0.25) is 0 Å². The zero-order valence-corrected chi connectivity index (χ0v) is 21.0. The summed E-state index contributed by atoms with van der Waals surface area (Å²) >= 11 is 0. The summed E-state index contributed by atoms with van der Waals surface area (Å²) in [7, 11) is 3.18. The standard InChI is InChI=1S/C30H22F4NO4/c1-36-23-6-4-18-19-11-17(9-15-3-5-22(31)21(10-15)30(32,33)34)26-25-16(12-24-29(26)39-14-38-24)7-8-35(27(19)25)13-20(18)28(23)37-2/h3-6,10-13H,7-9,14H2,1-2H3/q+1. The molecule has 0 N–H and O–H groups in total. The van der Waals surface area contributed by atoms with E-state index in [1.54, 1.807) is 14.2 Å². The van der Waals surface area contributed by atoms with Crippen LogP contribution in [-0.2, 0) is 25.6 Å². The van der Waals surface area contributed by atoms with Crippen molar-refractivity contribution >= 4 is 32.4 Å². The Morgan fingerprint density at radius 1 is 0.923 bits per heavy atom. The lowest BCUT2D eigenvalue weighted by atomic mass is 9.88. The van der Waals surface area contributed by atoms with E-state index in [1.165, 1.54) is 6.07 Å². The Hall–Kier alpha value is -4.27. The van der Waals surface area contributed by atoms with E-state index in [4.69, 9.17) is 18.9 Å². The van der Waals surface area contributed by atoms with Gasteiger partial charge >= 0.3 is 6.18 Å². The molecule has 0 saturated heterocycles. The zero-order valence-electron chi connectivity index (χ0n) is 21.0. The van der Waals surface area contributed by atoms with Gasteiger partial charge in [-0.25, -0.2) is 4.39 Å².